The first-order valence-corrected chi connectivity index (χ1v) is 5.39. The monoisotopic (exact) mass is 266 g/mol. The fourth-order valence-electron chi connectivity index (χ4n) is 1.52. The van der Waals surface area contributed by atoms with E-state index in [1.54, 1.807) is 4.68 Å². The van der Waals surface area contributed by atoms with E-state index < -0.39 is 0 Å². The molecule has 2 rings (SSSR count). The van der Waals surface area contributed by atoms with Crippen LogP contribution in [0.1, 0.15) is 5.69 Å². The van der Waals surface area contributed by atoms with E-state index in [-0.39, 0.29) is 6.61 Å². The van der Waals surface area contributed by atoms with Gasteiger partial charge in [-0.05, 0) is 18.2 Å². The van der Waals surface area contributed by atoms with Crippen LogP contribution in [-0.2, 0) is 13.7 Å². The molecule has 0 amide bonds. The Morgan fingerprint density at radius 2 is 2.20 bits per heavy atom. The molecule has 3 nitrogen and oxygen atoms in total. The Bertz CT molecular complexity index is 479. The lowest BCUT2D eigenvalue weighted by molar-refractivity contribution is 0.275. The average Bonchev–Trinajstić information content (AvgIpc) is 2.60. The summed E-state index contributed by atoms with van der Waals surface area (Å²) in [7, 11) is 1.87. The van der Waals surface area contributed by atoms with Gasteiger partial charge in [-0.25, -0.2) is 0 Å². The fraction of sp³-hybridized carbons (Fsp3) is 0.182. The normalized spacial score (nSPS) is 10.6. The molecule has 1 N–H and O–H groups in total. The number of hydrogen-bond acceptors (Lipinski definition) is 2. The van der Waals surface area contributed by atoms with Crippen molar-refractivity contribution in [2.45, 2.75) is 6.61 Å². The summed E-state index contributed by atoms with van der Waals surface area (Å²) in [6.45, 7) is -0.0259. The molecule has 0 bridgehead atoms. The van der Waals surface area contributed by atoms with Crippen molar-refractivity contribution in [3.63, 3.8) is 0 Å². The largest absolute Gasteiger partial charge is 0.390 e. The summed E-state index contributed by atoms with van der Waals surface area (Å²) in [6, 6.07) is 9.89. The number of nitrogens with zero attached hydrogens (tertiary/aromatic N) is 2. The highest BCUT2D eigenvalue weighted by Gasteiger charge is 2.06. The Hall–Kier alpha value is -1.13. The first-order valence-electron chi connectivity index (χ1n) is 4.60. The third-order valence-electron chi connectivity index (χ3n) is 2.21. The topological polar surface area (TPSA) is 38.0 Å². The fourth-order valence-corrected chi connectivity index (χ4v) is 1.92. The molecule has 15 heavy (non-hydrogen) atoms. The molecular weight excluding hydrogens is 256 g/mol. The van der Waals surface area contributed by atoms with Crippen LogP contribution in [0, 0.1) is 0 Å². The van der Waals surface area contributed by atoms with Crippen LogP contribution in [0.15, 0.2) is 34.8 Å². The van der Waals surface area contributed by atoms with E-state index in [4.69, 9.17) is 5.11 Å². The van der Waals surface area contributed by atoms with Gasteiger partial charge in [0.15, 0.2) is 0 Å². The van der Waals surface area contributed by atoms with Crippen LogP contribution in [0.5, 0.6) is 0 Å². The smallest absolute Gasteiger partial charge is 0.0885 e. The summed E-state index contributed by atoms with van der Waals surface area (Å²) in [5.74, 6) is 0. The highest BCUT2D eigenvalue weighted by Crippen LogP contribution is 2.23. The minimum absolute atomic E-state index is 0.0259. The van der Waals surface area contributed by atoms with Gasteiger partial charge < -0.3 is 5.11 Å². The number of aliphatic hydroxyl groups excluding tert-OH is 1. The summed E-state index contributed by atoms with van der Waals surface area (Å²) in [5.41, 5.74) is 2.77. The lowest BCUT2D eigenvalue weighted by Crippen LogP contribution is -1.94. The number of benzene rings is 1. The number of aryl methyl sites for hydroxylation is 1. The minimum Gasteiger partial charge on any atom is -0.390 e. The zero-order valence-electron chi connectivity index (χ0n) is 8.31. The summed E-state index contributed by atoms with van der Waals surface area (Å²) >= 11 is 3.43. The van der Waals surface area contributed by atoms with Crippen LogP contribution < -0.4 is 0 Å². The minimum atomic E-state index is -0.0259. The molecule has 0 atom stereocenters. The van der Waals surface area contributed by atoms with Crippen LogP contribution in [0.4, 0.5) is 0 Å². The van der Waals surface area contributed by atoms with Crippen molar-refractivity contribution in [1.29, 1.82) is 0 Å². The summed E-state index contributed by atoms with van der Waals surface area (Å²) in [4.78, 5) is 0. The Labute approximate surface area is 96.5 Å². The van der Waals surface area contributed by atoms with Gasteiger partial charge in [0.1, 0.15) is 0 Å². The van der Waals surface area contributed by atoms with Gasteiger partial charge in [-0.15, -0.1) is 0 Å². The van der Waals surface area contributed by atoms with E-state index in [1.165, 1.54) is 0 Å². The second-order valence-corrected chi connectivity index (χ2v) is 4.23. The number of hydrogen-bond donors (Lipinski definition) is 1. The van der Waals surface area contributed by atoms with Crippen molar-refractivity contribution in [3.05, 3.63) is 40.5 Å². The molecule has 2 aromatic rings. The predicted molar refractivity (Wildman–Crippen MR) is 62.3 cm³/mol. The highest BCUT2D eigenvalue weighted by atomic mass is 79.9. The summed E-state index contributed by atoms with van der Waals surface area (Å²) in [6.07, 6.45) is 0. The van der Waals surface area contributed by atoms with Crippen LogP contribution in [0.25, 0.3) is 11.3 Å². The van der Waals surface area contributed by atoms with Crippen LogP contribution in [-0.4, -0.2) is 14.9 Å². The predicted octanol–water partition coefficient (Wildman–Crippen LogP) is 2.34. The first-order chi connectivity index (χ1) is 7.20. The lowest BCUT2D eigenvalue weighted by atomic mass is 10.1. The Morgan fingerprint density at radius 3 is 2.80 bits per heavy atom. The maximum Gasteiger partial charge on any atom is 0.0885 e. The number of aromatic nitrogens is 2. The van der Waals surface area contributed by atoms with Crippen molar-refractivity contribution >= 4 is 15.9 Å². The molecule has 0 saturated carbocycles. The Kier molecular flexibility index (Phi) is 2.88. The molecule has 0 aliphatic rings. The van der Waals surface area contributed by atoms with Crippen molar-refractivity contribution in [2.24, 2.45) is 7.05 Å². The van der Waals surface area contributed by atoms with Gasteiger partial charge in [0.2, 0.25) is 0 Å². The van der Waals surface area contributed by atoms with E-state index in [2.05, 4.69) is 21.0 Å². The number of halogens is 1. The van der Waals surface area contributed by atoms with E-state index in [0.717, 1.165) is 15.7 Å². The molecule has 1 heterocycles. The Morgan fingerprint density at radius 1 is 1.40 bits per heavy atom. The third-order valence-corrected chi connectivity index (χ3v) is 2.71. The van der Waals surface area contributed by atoms with E-state index in [9.17, 15) is 0 Å². The van der Waals surface area contributed by atoms with Crippen LogP contribution >= 0.6 is 15.9 Å². The molecule has 0 fully saturated rings. The number of rotatable bonds is 2. The second-order valence-electron chi connectivity index (χ2n) is 3.31. The van der Waals surface area contributed by atoms with Gasteiger partial charge >= 0.3 is 0 Å². The average molecular weight is 267 g/mol. The second kappa shape index (κ2) is 4.16. The molecule has 0 radical (unpaired) electrons. The zero-order valence-corrected chi connectivity index (χ0v) is 9.90. The molecule has 1 aromatic heterocycles. The molecule has 4 heteroatoms. The van der Waals surface area contributed by atoms with Gasteiger partial charge in [-0.2, -0.15) is 5.10 Å². The van der Waals surface area contributed by atoms with Crippen molar-refractivity contribution in [2.75, 3.05) is 0 Å². The molecule has 0 unspecified atom stereocenters. The van der Waals surface area contributed by atoms with E-state index >= 15 is 0 Å². The molecule has 0 spiro atoms. The van der Waals surface area contributed by atoms with Gasteiger partial charge in [0.25, 0.3) is 0 Å². The third kappa shape index (κ3) is 2.11. The van der Waals surface area contributed by atoms with Crippen molar-refractivity contribution in [1.82, 2.24) is 9.78 Å². The van der Waals surface area contributed by atoms with Crippen molar-refractivity contribution < 1.29 is 5.11 Å². The molecule has 78 valence electrons. The summed E-state index contributed by atoms with van der Waals surface area (Å²) in [5, 5.41) is 13.2. The SMILES string of the molecule is Cn1nc(CO)cc1-c1cccc(Br)c1. The molecule has 0 aliphatic carbocycles. The van der Waals surface area contributed by atoms with Gasteiger partial charge in [-0.3, -0.25) is 4.68 Å². The summed E-state index contributed by atoms with van der Waals surface area (Å²) < 4.78 is 2.81. The van der Waals surface area contributed by atoms with Crippen LogP contribution in [0.2, 0.25) is 0 Å². The van der Waals surface area contributed by atoms with Gasteiger partial charge in [0.05, 0.1) is 18.0 Å². The first kappa shape index (κ1) is 10.4. The molecule has 0 saturated heterocycles. The van der Waals surface area contributed by atoms with Gasteiger partial charge in [-0.1, -0.05) is 28.1 Å². The van der Waals surface area contributed by atoms with Gasteiger partial charge in [0, 0.05) is 17.1 Å². The Balaban J connectivity index is 2.48. The number of aliphatic hydroxyl groups is 1. The van der Waals surface area contributed by atoms with Crippen LogP contribution in [0.3, 0.4) is 0 Å². The maximum absolute atomic E-state index is 8.99. The highest BCUT2D eigenvalue weighted by molar-refractivity contribution is 9.10. The van der Waals surface area contributed by atoms with Crippen molar-refractivity contribution in [3.8, 4) is 11.3 Å². The zero-order chi connectivity index (χ0) is 10.8. The van der Waals surface area contributed by atoms with E-state index in [0.29, 0.717) is 5.69 Å². The van der Waals surface area contributed by atoms with E-state index in [1.807, 2.05) is 37.4 Å². The molecule has 1 aromatic carbocycles. The lowest BCUT2D eigenvalue weighted by Gasteiger charge is -2.01. The standard InChI is InChI=1S/C11H11BrN2O/c1-14-11(6-10(7-15)13-14)8-3-2-4-9(12)5-8/h2-6,15H,7H2,1H3. The maximum atomic E-state index is 8.99. The quantitative estimate of drug-likeness (QED) is 0.906. The molecular formula is C11H11BrN2O. The molecule has 0 aliphatic heterocycles.